The highest BCUT2D eigenvalue weighted by Crippen LogP contribution is 2.26. The van der Waals surface area contributed by atoms with Gasteiger partial charge in [0.05, 0.1) is 5.92 Å². The van der Waals surface area contributed by atoms with Crippen LogP contribution in [-0.4, -0.2) is 71.0 Å². The molecule has 3 aliphatic heterocycles. The van der Waals surface area contributed by atoms with Crippen molar-refractivity contribution < 1.29 is 9.18 Å². The molecule has 3 fully saturated rings. The van der Waals surface area contributed by atoms with E-state index in [1.54, 1.807) is 24.5 Å². The predicted molar refractivity (Wildman–Crippen MR) is 127 cm³/mol. The fraction of sp³-hybridized carbons (Fsp3) is 0.577. The van der Waals surface area contributed by atoms with Crippen LogP contribution in [0.3, 0.4) is 0 Å². The number of carbonyl (C=O) groups is 1. The average Bonchev–Trinajstić information content (AvgIpc) is 2.89. The van der Waals surface area contributed by atoms with Crippen LogP contribution in [0.2, 0.25) is 0 Å². The van der Waals surface area contributed by atoms with Crippen LogP contribution in [0.15, 0.2) is 36.7 Å². The molecule has 0 bridgehead atoms. The number of nitrogens with zero attached hydrogens (tertiary/aromatic N) is 5. The number of rotatable bonds is 4. The van der Waals surface area contributed by atoms with Crippen molar-refractivity contribution in [3.63, 3.8) is 0 Å². The third-order valence-corrected chi connectivity index (χ3v) is 7.55. The van der Waals surface area contributed by atoms with Crippen LogP contribution in [0, 0.1) is 11.7 Å². The highest BCUT2D eigenvalue weighted by Gasteiger charge is 2.33. The zero-order chi connectivity index (χ0) is 22.6. The molecule has 176 valence electrons. The number of piperidine rings is 3. The molecule has 0 saturated carbocycles. The van der Waals surface area contributed by atoms with E-state index in [1.165, 1.54) is 44.5 Å². The highest BCUT2D eigenvalue weighted by atomic mass is 19.1. The summed E-state index contributed by atoms with van der Waals surface area (Å²) in [5.41, 5.74) is 1.75. The Morgan fingerprint density at radius 2 is 1.52 bits per heavy atom. The van der Waals surface area contributed by atoms with Gasteiger partial charge in [-0.25, -0.2) is 14.4 Å². The summed E-state index contributed by atoms with van der Waals surface area (Å²) in [6, 6.07) is 7.01. The maximum absolute atomic E-state index is 13.3. The number of benzene rings is 1. The van der Waals surface area contributed by atoms with E-state index in [1.807, 2.05) is 0 Å². The Balaban J connectivity index is 1.17. The molecule has 1 aromatic carbocycles. The Morgan fingerprint density at radius 1 is 0.818 bits per heavy atom. The minimum Gasteiger partial charge on any atom is -0.342 e. The molecule has 6 nitrogen and oxygen atoms in total. The summed E-state index contributed by atoms with van der Waals surface area (Å²) in [6.45, 7) is 5.79. The summed E-state index contributed by atoms with van der Waals surface area (Å²) < 4.78 is 13.2. The van der Waals surface area contributed by atoms with E-state index in [0.29, 0.717) is 24.4 Å². The first-order valence-corrected chi connectivity index (χ1v) is 12.5. The zero-order valence-electron chi connectivity index (χ0n) is 19.3. The Hall–Kier alpha value is -2.54. The van der Waals surface area contributed by atoms with Gasteiger partial charge in [0, 0.05) is 50.2 Å². The van der Waals surface area contributed by atoms with E-state index in [-0.39, 0.29) is 11.7 Å². The number of likely N-dealkylation sites (tertiary alicyclic amines) is 2. The number of aromatic nitrogens is 2. The lowest BCUT2D eigenvalue weighted by Gasteiger charge is -2.42. The second kappa shape index (κ2) is 10.2. The molecule has 0 radical (unpaired) electrons. The number of amides is 1. The topological polar surface area (TPSA) is 52.6 Å². The van der Waals surface area contributed by atoms with E-state index < -0.39 is 0 Å². The molecule has 0 aliphatic carbocycles. The van der Waals surface area contributed by atoms with Gasteiger partial charge in [-0.1, -0.05) is 18.6 Å². The fourth-order valence-corrected chi connectivity index (χ4v) is 5.63. The lowest BCUT2D eigenvalue weighted by molar-refractivity contribution is -0.137. The lowest BCUT2D eigenvalue weighted by Crippen LogP contribution is -2.51. The van der Waals surface area contributed by atoms with Crippen molar-refractivity contribution in [2.45, 2.75) is 51.0 Å². The largest absolute Gasteiger partial charge is 0.342 e. The quantitative estimate of drug-likeness (QED) is 0.704. The molecular weight excluding hydrogens is 417 g/mol. The van der Waals surface area contributed by atoms with Gasteiger partial charge in [-0.15, -0.1) is 0 Å². The molecular formula is C26H34FN5O. The van der Waals surface area contributed by atoms with Crippen LogP contribution < -0.4 is 4.90 Å². The number of halogens is 1. The Bertz CT molecular complexity index is 921. The normalized spacial score (nSPS) is 23.0. The molecule has 2 aromatic rings. The Labute approximate surface area is 195 Å². The van der Waals surface area contributed by atoms with Gasteiger partial charge in [0.2, 0.25) is 11.9 Å². The van der Waals surface area contributed by atoms with Gasteiger partial charge in [-0.2, -0.15) is 0 Å². The summed E-state index contributed by atoms with van der Waals surface area (Å²) in [7, 11) is 0. The molecule has 3 aliphatic rings. The molecule has 1 amide bonds. The van der Waals surface area contributed by atoms with Crippen LogP contribution in [0.25, 0.3) is 11.1 Å². The molecule has 0 unspecified atom stereocenters. The fourth-order valence-electron chi connectivity index (χ4n) is 5.63. The number of hydrogen-bond donors (Lipinski definition) is 0. The molecule has 0 N–H and O–H groups in total. The van der Waals surface area contributed by atoms with Crippen LogP contribution in [-0.2, 0) is 4.79 Å². The van der Waals surface area contributed by atoms with Gasteiger partial charge >= 0.3 is 0 Å². The van der Waals surface area contributed by atoms with Gasteiger partial charge in [0.1, 0.15) is 5.82 Å². The first-order chi connectivity index (χ1) is 16.2. The predicted octanol–water partition coefficient (Wildman–Crippen LogP) is 3.98. The monoisotopic (exact) mass is 451 g/mol. The summed E-state index contributed by atoms with van der Waals surface area (Å²) in [5.74, 6) is 0.739. The molecule has 3 saturated heterocycles. The van der Waals surface area contributed by atoms with Crippen molar-refractivity contribution in [2.75, 3.05) is 44.2 Å². The summed E-state index contributed by atoms with van der Waals surface area (Å²) >= 11 is 0. The van der Waals surface area contributed by atoms with Gasteiger partial charge in [0.15, 0.2) is 0 Å². The van der Waals surface area contributed by atoms with Crippen LogP contribution in [0.1, 0.15) is 44.9 Å². The molecule has 4 heterocycles. The van der Waals surface area contributed by atoms with Gasteiger partial charge in [-0.05, 0) is 69.3 Å². The van der Waals surface area contributed by atoms with Crippen LogP contribution in [0.5, 0.6) is 0 Å². The van der Waals surface area contributed by atoms with Crippen molar-refractivity contribution in [1.82, 2.24) is 19.8 Å². The zero-order valence-corrected chi connectivity index (χ0v) is 19.3. The first-order valence-electron chi connectivity index (χ1n) is 12.5. The van der Waals surface area contributed by atoms with Gasteiger partial charge in [-0.3, -0.25) is 4.79 Å². The molecule has 5 rings (SSSR count). The van der Waals surface area contributed by atoms with E-state index >= 15 is 0 Å². The maximum atomic E-state index is 13.3. The summed E-state index contributed by atoms with van der Waals surface area (Å²) in [6.07, 6.45) is 11.7. The van der Waals surface area contributed by atoms with Crippen LogP contribution >= 0.6 is 0 Å². The molecule has 1 aromatic heterocycles. The highest BCUT2D eigenvalue weighted by molar-refractivity contribution is 5.79. The number of carbonyl (C=O) groups excluding carboxylic acids is 1. The van der Waals surface area contributed by atoms with Crippen molar-refractivity contribution >= 4 is 11.9 Å². The van der Waals surface area contributed by atoms with Gasteiger partial charge < -0.3 is 14.7 Å². The number of hydrogen-bond acceptors (Lipinski definition) is 5. The minimum absolute atomic E-state index is 0.0191. The van der Waals surface area contributed by atoms with Crippen molar-refractivity contribution in [3.8, 4) is 11.1 Å². The van der Waals surface area contributed by atoms with Crippen molar-refractivity contribution in [1.29, 1.82) is 0 Å². The smallest absolute Gasteiger partial charge is 0.227 e. The van der Waals surface area contributed by atoms with Crippen molar-refractivity contribution in [2.24, 2.45) is 5.92 Å². The van der Waals surface area contributed by atoms with E-state index in [9.17, 15) is 9.18 Å². The third kappa shape index (κ3) is 5.18. The first kappa shape index (κ1) is 22.3. The van der Waals surface area contributed by atoms with E-state index in [2.05, 4.69) is 24.7 Å². The molecule has 1 atom stereocenters. The lowest BCUT2D eigenvalue weighted by atomic mass is 9.94. The summed E-state index contributed by atoms with van der Waals surface area (Å²) in [5, 5.41) is 0. The third-order valence-electron chi connectivity index (χ3n) is 7.55. The standard InChI is InChI=1S/C26H34FN5O/c27-23-8-6-20(7-9-23)22-17-28-26(29-18-22)32-14-4-5-21(19-32)25(33)31-15-10-24(11-16-31)30-12-2-1-3-13-30/h6-9,17-18,21,24H,1-5,10-16,19H2/t21-/m0/s1. The Kier molecular flexibility index (Phi) is 6.85. The average molecular weight is 452 g/mol. The van der Waals surface area contributed by atoms with Gasteiger partial charge in [0.25, 0.3) is 0 Å². The van der Waals surface area contributed by atoms with E-state index in [0.717, 1.165) is 56.4 Å². The molecule has 7 heteroatoms. The minimum atomic E-state index is -0.254. The maximum Gasteiger partial charge on any atom is 0.227 e. The summed E-state index contributed by atoms with van der Waals surface area (Å²) in [4.78, 5) is 29.3. The second-order valence-corrected chi connectivity index (χ2v) is 9.72. The second-order valence-electron chi connectivity index (χ2n) is 9.72. The SMILES string of the molecule is O=C([C@H]1CCCN(c2ncc(-c3ccc(F)cc3)cn2)C1)N1CCC(N2CCCCC2)CC1. The molecule has 0 spiro atoms. The van der Waals surface area contributed by atoms with Crippen molar-refractivity contribution in [3.05, 3.63) is 42.5 Å². The molecule has 33 heavy (non-hydrogen) atoms. The Morgan fingerprint density at radius 3 is 2.21 bits per heavy atom. The number of anilines is 1. The van der Waals surface area contributed by atoms with Crippen LogP contribution in [0.4, 0.5) is 10.3 Å². The van der Waals surface area contributed by atoms with E-state index in [4.69, 9.17) is 0 Å².